The summed E-state index contributed by atoms with van der Waals surface area (Å²) in [6.45, 7) is 87.7. The van der Waals surface area contributed by atoms with Crippen molar-refractivity contribution in [2.24, 2.45) is 0 Å². The molecule has 0 heteroatoms. The van der Waals surface area contributed by atoms with Crippen molar-refractivity contribution in [2.45, 2.75) is 338 Å². The van der Waals surface area contributed by atoms with Gasteiger partial charge in [-0.2, -0.15) is 0 Å². The lowest BCUT2D eigenvalue weighted by Gasteiger charge is -2.18. The fraction of sp³-hybridized carbons (Fsp3) is 0.391. The standard InChI is InChI=1S/C24H26.C21H20.C18H22.2C15H16.C9H12.13C2H6/c1-17(2)19-5-9-21(10-6-19)23-13-15-24(16-14-23)22-11-7-20(8-12-22)18(3)4;1-16(2)21-19(17-10-5-3-6-11-17)14-9-15-20(21)18-12-7-4-8-13-18;1-13(2)15-5-9-17(10-6-15)18-11-7-16(8-12-18)14(3)4;1-12(2)14-10-6-7-11-15(14)13-8-4-3-5-9-13;1-12(2)13-8-10-15(11-9-13)14-6-4-3-5-7-14;1-8(2)9-6-4-3-5-7-9;13*1-2/h5-18H,1-4H3;3-16H,1-2H3;5-14H,1-4H3;2*3-12H,1-2H3;3-8H,1-2H3;13*1-2H3. The highest BCUT2D eigenvalue weighted by Gasteiger charge is 2.15. The summed E-state index contributed by atoms with van der Waals surface area (Å²) in [6, 6.07) is 122. The normalized spacial score (nSPS) is 9.27. The van der Waals surface area contributed by atoms with Crippen molar-refractivity contribution in [1.82, 2.24) is 0 Å². The molecule has 0 radical (unpaired) electrons. The van der Waals surface area contributed by atoms with Crippen molar-refractivity contribution in [2.75, 3.05) is 0 Å². The van der Waals surface area contributed by atoms with Crippen molar-refractivity contribution < 1.29 is 0 Å². The maximum absolute atomic E-state index is 2.27. The van der Waals surface area contributed by atoms with E-state index in [9.17, 15) is 0 Å². The summed E-state index contributed by atoms with van der Waals surface area (Å²) in [5.74, 6) is 4.68. The average molecular weight is 1730 g/mol. The second-order valence-electron chi connectivity index (χ2n) is 29.2. The molecule has 0 bridgehead atoms. The van der Waals surface area contributed by atoms with Gasteiger partial charge < -0.3 is 0 Å². The fourth-order valence-electron chi connectivity index (χ4n) is 12.4. The van der Waals surface area contributed by atoms with Crippen molar-refractivity contribution in [3.05, 3.63) is 384 Å². The van der Waals surface area contributed by atoms with Crippen LogP contribution in [0.2, 0.25) is 0 Å². The van der Waals surface area contributed by atoms with Gasteiger partial charge in [0.2, 0.25) is 0 Å². The van der Waals surface area contributed by atoms with E-state index in [0.717, 1.165) is 0 Å². The molecule has 128 heavy (non-hydrogen) atoms. The summed E-state index contributed by atoms with van der Waals surface area (Å²) < 4.78 is 0. The van der Waals surface area contributed by atoms with Crippen LogP contribution in [0.3, 0.4) is 0 Å². The molecule has 0 nitrogen and oxygen atoms in total. The molecule has 0 saturated heterocycles. The molecule has 0 aliphatic rings. The van der Waals surface area contributed by atoms with Crippen LogP contribution in [0, 0.1) is 0 Å². The molecule has 13 rings (SSSR count). The third-order valence-electron chi connectivity index (χ3n) is 18.9. The Morgan fingerprint density at radius 3 is 0.445 bits per heavy atom. The van der Waals surface area contributed by atoms with Crippen LogP contribution in [-0.2, 0) is 0 Å². The third-order valence-corrected chi connectivity index (χ3v) is 18.9. The van der Waals surface area contributed by atoms with Crippen LogP contribution in [0.1, 0.15) is 383 Å². The molecule has 0 spiro atoms. The summed E-state index contributed by atoms with van der Waals surface area (Å²) in [7, 11) is 0. The Morgan fingerprint density at radius 2 is 0.258 bits per heavy atom. The SMILES string of the molecule is CC.CC.CC.CC.CC.CC.CC.CC.CC.CC.CC.CC.CC.CC(C)c1c(-c2ccccc2)cccc1-c1ccccc1.CC(C)c1ccc(-c2ccc(-c3ccc(C(C)C)cc3)cc2)cc1.CC(C)c1ccc(-c2ccc(C(C)C)cc2)cc1.CC(C)c1ccc(-c2ccccc2)cc1.CC(C)c1ccccc1.CC(C)c1ccccc1-c1ccccc1. The molecular weight excluding hydrogens is 1540 g/mol. The van der Waals surface area contributed by atoms with Gasteiger partial charge in [-0.15, -0.1) is 0 Å². The second-order valence-corrected chi connectivity index (χ2v) is 29.2. The summed E-state index contributed by atoms with van der Waals surface area (Å²) in [4.78, 5) is 0. The van der Waals surface area contributed by atoms with Gasteiger partial charge in [0, 0.05) is 0 Å². The van der Waals surface area contributed by atoms with E-state index in [1.54, 1.807) is 0 Å². The molecule has 0 atom stereocenters. The van der Waals surface area contributed by atoms with Gasteiger partial charge in [-0.05, 0) is 170 Å². The van der Waals surface area contributed by atoms with Crippen molar-refractivity contribution >= 4 is 0 Å². The number of hydrogen-bond acceptors (Lipinski definition) is 0. The minimum Gasteiger partial charge on any atom is -0.0683 e. The van der Waals surface area contributed by atoms with Gasteiger partial charge in [0.05, 0.1) is 0 Å². The molecule has 0 amide bonds. The van der Waals surface area contributed by atoms with E-state index in [-0.39, 0.29) is 0 Å². The molecule has 0 saturated carbocycles. The van der Waals surface area contributed by atoms with Gasteiger partial charge in [-0.1, -0.05) is 631 Å². The van der Waals surface area contributed by atoms with Gasteiger partial charge in [0.25, 0.3) is 0 Å². The molecule has 0 unspecified atom stereocenters. The van der Waals surface area contributed by atoms with Crippen LogP contribution in [0.5, 0.6) is 0 Å². The molecule has 13 aromatic rings. The summed E-state index contributed by atoms with van der Waals surface area (Å²) >= 11 is 0. The van der Waals surface area contributed by atoms with Gasteiger partial charge in [-0.3, -0.25) is 0 Å². The number of hydrogen-bond donors (Lipinski definition) is 0. The highest BCUT2D eigenvalue weighted by Crippen LogP contribution is 2.38. The Kier molecular flexibility index (Phi) is 85.4. The van der Waals surface area contributed by atoms with E-state index in [0.29, 0.717) is 47.3 Å². The Bertz CT molecular complexity index is 4260. The first-order valence-corrected chi connectivity index (χ1v) is 50.3. The van der Waals surface area contributed by atoms with Crippen LogP contribution in [-0.4, -0.2) is 0 Å². The maximum atomic E-state index is 2.27. The lowest BCUT2D eigenvalue weighted by atomic mass is 9.86. The van der Waals surface area contributed by atoms with Gasteiger partial charge in [0.1, 0.15) is 0 Å². The van der Waals surface area contributed by atoms with Crippen LogP contribution >= 0.6 is 0 Å². The van der Waals surface area contributed by atoms with Crippen molar-refractivity contribution in [1.29, 1.82) is 0 Å². The highest BCUT2D eigenvalue weighted by molar-refractivity contribution is 5.80. The maximum Gasteiger partial charge on any atom is -0.0143 e. The van der Waals surface area contributed by atoms with Crippen LogP contribution in [0.4, 0.5) is 0 Å². The van der Waals surface area contributed by atoms with E-state index in [1.807, 2.05) is 192 Å². The van der Waals surface area contributed by atoms with E-state index < -0.39 is 0 Å². The van der Waals surface area contributed by atoms with Crippen LogP contribution < -0.4 is 0 Å². The molecule has 702 valence electrons. The van der Waals surface area contributed by atoms with Gasteiger partial charge in [-0.25, -0.2) is 0 Å². The zero-order chi connectivity index (χ0) is 98.9. The van der Waals surface area contributed by atoms with E-state index in [2.05, 4.69) is 438 Å². The van der Waals surface area contributed by atoms with Crippen molar-refractivity contribution in [3.63, 3.8) is 0 Å². The Hall–Kier alpha value is -10.1. The molecule has 0 aliphatic carbocycles. The lowest BCUT2D eigenvalue weighted by Crippen LogP contribution is -1.96. The minimum absolute atomic E-state index is 0.483. The van der Waals surface area contributed by atoms with E-state index >= 15 is 0 Å². The molecule has 0 fully saturated rings. The van der Waals surface area contributed by atoms with Gasteiger partial charge in [0.15, 0.2) is 0 Å². The zero-order valence-corrected chi connectivity index (χ0v) is 90.0. The van der Waals surface area contributed by atoms with Crippen LogP contribution in [0.25, 0.3) is 77.9 Å². The smallest absolute Gasteiger partial charge is 0.0143 e. The van der Waals surface area contributed by atoms with Crippen LogP contribution in [0.15, 0.2) is 340 Å². The molecular formula is C128H190. The third kappa shape index (κ3) is 50.0. The predicted octanol–water partition coefficient (Wildman–Crippen LogP) is 44.1. The predicted molar refractivity (Wildman–Crippen MR) is 597 cm³/mol. The molecule has 0 aromatic heterocycles. The zero-order valence-electron chi connectivity index (χ0n) is 90.0. The number of rotatable bonds is 15. The molecule has 13 aromatic carbocycles. The van der Waals surface area contributed by atoms with Gasteiger partial charge >= 0.3 is 0 Å². The van der Waals surface area contributed by atoms with E-state index in [4.69, 9.17) is 0 Å². The van der Waals surface area contributed by atoms with Crippen molar-refractivity contribution in [3.8, 4) is 77.9 Å². The molecule has 0 N–H and O–H groups in total. The fourth-order valence-corrected chi connectivity index (χ4v) is 12.4. The Labute approximate surface area is 794 Å². The quantitative estimate of drug-likeness (QED) is 0.0960. The second kappa shape index (κ2) is 85.0. The summed E-state index contributed by atoms with van der Waals surface area (Å²) in [6.07, 6.45) is 0. The topological polar surface area (TPSA) is 0 Å². The minimum atomic E-state index is 0.483. The first kappa shape index (κ1) is 129. The Morgan fingerprint density at radius 1 is 0.109 bits per heavy atom. The molecule has 0 heterocycles. The average Bonchev–Trinajstić information content (AvgIpc) is 0.799. The monoisotopic (exact) mass is 1730 g/mol. The molecule has 0 aliphatic heterocycles. The number of benzene rings is 13. The highest BCUT2D eigenvalue weighted by atomic mass is 14.2. The first-order chi connectivity index (χ1) is 62.3. The van der Waals surface area contributed by atoms with E-state index in [1.165, 1.54) is 122 Å². The lowest BCUT2D eigenvalue weighted by molar-refractivity contribution is 0.866. The largest absolute Gasteiger partial charge is 0.0683 e. The summed E-state index contributed by atoms with van der Waals surface area (Å²) in [5, 5.41) is 0. The summed E-state index contributed by atoms with van der Waals surface area (Å²) in [5.41, 5.74) is 29.4. The Balaban J connectivity index is -0.000000335. The first-order valence-electron chi connectivity index (χ1n) is 50.3.